The number of hydrogen-bond acceptors (Lipinski definition) is 4. The first-order valence-corrected chi connectivity index (χ1v) is 9.52. The molecule has 0 saturated carbocycles. The van der Waals surface area contributed by atoms with Gasteiger partial charge in [0.05, 0.1) is 15.6 Å². The fraction of sp³-hybridized carbons (Fsp3) is 0.250. The number of ether oxygens (including phenoxy) is 1. The molecule has 0 saturated heterocycles. The first kappa shape index (κ1) is 21.7. The maximum atomic E-state index is 9.40. The van der Waals surface area contributed by atoms with Gasteiger partial charge in [-0.3, -0.25) is 0 Å². The first-order chi connectivity index (χ1) is 11.3. The highest BCUT2D eigenvalue weighted by Crippen LogP contribution is 2.38. The molecule has 0 aliphatic carbocycles. The zero-order valence-electron chi connectivity index (χ0n) is 12.6. The van der Waals surface area contributed by atoms with Crippen LogP contribution >= 0.6 is 59.4 Å². The highest BCUT2D eigenvalue weighted by Gasteiger charge is 2.08. The summed E-state index contributed by atoms with van der Waals surface area (Å²) in [6.07, 6.45) is -0.837. The Labute approximate surface area is 170 Å². The molecule has 4 nitrogen and oxygen atoms in total. The number of aromatic hydroxyl groups is 1. The molecule has 1 unspecified atom stereocenters. The molecular formula is C16H16Br3ClO4. The molecule has 24 heavy (non-hydrogen) atoms. The van der Waals surface area contributed by atoms with Gasteiger partial charge in [-0.05, 0) is 74.7 Å². The van der Waals surface area contributed by atoms with Crippen LogP contribution in [0.5, 0.6) is 11.5 Å². The summed E-state index contributed by atoms with van der Waals surface area (Å²) in [6, 6.07) is 8.61. The van der Waals surface area contributed by atoms with Crippen LogP contribution in [-0.4, -0.2) is 34.6 Å². The zero-order chi connectivity index (χ0) is 18.3. The van der Waals surface area contributed by atoms with E-state index >= 15 is 0 Å². The molecule has 3 N–H and O–H groups in total. The third-order valence-electron chi connectivity index (χ3n) is 2.84. The first-order valence-electron chi connectivity index (χ1n) is 6.76. The van der Waals surface area contributed by atoms with Crippen LogP contribution in [0, 0.1) is 6.92 Å². The van der Waals surface area contributed by atoms with Gasteiger partial charge in [-0.25, -0.2) is 0 Å². The van der Waals surface area contributed by atoms with E-state index < -0.39 is 6.10 Å². The Morgan fingerprint density at radius 3 is 2.25 bits per heavy atom. The Hall–Kier alpha value is -0.310. The third kappa shape index (κ3) is 6.90. The quantitative estimate of drug-likeness (QED) is 0.501. The lowest BCUT2D eigenvalue weighted by atomic mass is 10.2. The van der Waals surface area contributed by atoms with E-state index in [1.807, 2.05) is 13.0 Å². The van der Waals surface area contributed by atoms with Crippen molar-refractivity contribution in [3.63, 3.8) is 0 Å². The molecule has 1 atom stereocenters. The molecule has 2 aromatic carbocycles. The maximum Gasteiger partial charge on any atom is 0.144 e. The highest BCUT2D eigenvalue weighted by molar-refractivity contribution is 9.11. The molecular weight excluding hydrogens is 531 g/mol. The average Bonchev–Trinajstić information content (AvgIpc) is 2.58. The predicted molar refractivity (Wildman–Crippen MR) is 106 cm³/mol. The fourth-order valence-electron chi connectivity index (χ4n) is 1.45. The van der Waals surface area contributed by atoms with E-state index in [0.717, 1.165) is 14.5 Å². The number of phenols is 1. The van der Waals surface area contributed by atoms with Crippen molar-refractivity contribution in [3.8, 4) is 11.5 Å². The lowest BCUT2D eigenvalue weighted by Gasteiger charge is -2.09. The number of phenolic OH excluding ortho intramolecular Hbond substituents is 1. The predicted octanol–water partition coefficient (Wildman–Crippen LogP) is 5.06. The summed E-state index contributed by atoms with van der Waals surface area (Å²) in [5, 5.41) is 27.5. The van der Waals surface area contributed by atoms with Crippen molar-refractivity contribution in [2.24, 2.45) is 0 Å². The molecule has 0 aromatic heterocycles. The molecule has 0 amide bonds. The second-order valence-electron chi connectivity index (χ2n) is 4.73. The molecule has 2 aromatic rings. The maximum absolute atomic E-state index is 9.40. The Kier molecular flexibility index (Phi) is 9.63. The smallest absolute Gasteiger partial charge is 0.144 e. The van der Waals surface area contributed by atoms with Gasteiger partial charge >= 0.3 is 0 Å². The van der Waals surface area contributed by atoms with Gasteiger partial charge in [0.15, 0.2) is 0 Å². The molecule has 0 spiro atoms. The van der Waals surface area contributed by atoms with E-state index in [9.17, 15) is 5.11 Å². The summed E-state index contributed by atoms with van der Waals surface area (Å²) in [4.78, 5) is 0. The molecule has 132 valence electrons. The number of halogens is 4. The molecule has 2 rings (SSSR count). The third-order valence-corrected chi connectivity index (χ3v) is 5.49. The van der Waals surface area contributed by atoms with Crippen LogP contribution in [0.2, 0.25) is 5.02 Å². The minimum atomic E-state index is -0.837. The normalized spacial score (nSPS) is 11.5. The lowest BCUT2D eigenvalue weighted by molar-refractivity contribution is 0.0536. The summed E-state index contributed by atoms with van der Waals surface area (Å²) < 4.78 is 7.52. The Morgan fingerprint density at radius 1 is 1.12 bits per heavy atom. The van der Waals surface area contributed by atoms with Gasteiger partial charge in [0.2, 0.25) is 0 Å². The molecule has 0 aliphatic heterocycles. The van der Waals surface area contributed by atoms with E-state index in [-0.39, 0.29) is 19.0 Å². The number of hydrogen-bond donors (Lipinski definition) is 3. The van der Waals surface area contributed by atoms with Crippen LogP contribution in [0.1, 0.15) is 5.56 Å². The van der Waals surface area contributed by atoms with Crippen LogP contribution in [0.25, 0.3) is 0 Å². The van der Waals surface area contributed by atoms with Crippen LogP contribution in [0.4, 0.5) is 0 Å². The van der Waals surface area contributed by atoms with Crippen LogP contribution in [0.3, 0.4) is 0 Å². The van der Waals surface area contributed by atoms with Crippen LogP contribution < -0.4 is 4.74 Å². The van der Waals surface area contributed by atoms with Crippen LogP contribution in [0.15, 0.2) is 43.7 Å². The van der Waals surface area contributed by atoms with Crippen molar-refractivity contribution in [1.82, 2.24) is 0 Å². The van der Waals surface area contributed by atoms with Gasteiger partial charge in [-0.15, -0.1) is 0 Å². The monoisotopic (exact) mass is 544 g/mol. The molecule has 0 bridgehead atoms. The summed E-state index contributed by atoms with van der Waals surface area (Å²) in [7, 11) is 0. The highest BCUT2D eigenvalue weighted by atomic mass is 79.9. The van der Waals surface area contributed by atoms with Crippen molar-refractivity contribution in [3.05, 3.63) is 54.3 Å². The Morgan fingerprint density at radius 2 is 1.71 bits per heavy atom. The summed E-state index contributed by atoms with van der Waals surface area (Å²) in [6.45, 7) is 1.70. The molecule has 0 fully saturated rings. The Balaban J connectivity index is 0.000000243. The number of rotatable bonds is 4. The van der Waals surface area contributed by atoms with Gasteiger partial charge in [0.1, 0.15) is 24.2 Å². The SMILES string of the molecule is Cc1c(Br)cc(Br)c(O)c1Br.OCC(O)COc1ccc(Cl)cc1. The van der Waals surface area contributed by atoms with E-state index in [1.165, 1.54) is 0 Å². The van der Waals surface area contributed by atoms with Crippen molar-refractivity contribution >= 4 is 59.4 Å². The van der Waals surface area contributed by atoms with Crippen molar-refractivity contribution in [1.29, 1.82) is 0 Å². The van der Waals surface area contributed by atoms with Gasteiger partial charge < -0.3 is 20.1 Å². The van der Waals surface area contributed by atoms with E-state index in [0.29, 0.717) is 15.2 Å². The second kappa shape index (κ2) is 10.6. The number of benzene rings is 2. The topological polar surface area (TPSA) is 69.9 Å². The van der Waals surface area contributed by atoms with E-state index in [4.69, 9.17) is 26.6 Å². The lowest BCUT2D eigenvalue weighted by Crippen LogP contribution is -2.21. The summed E-state index contributed by atoms with van der Waals surface area (Å²) in [5.74, 6) is 0.864. The van der Waals surface area contributed by atoms with Gasteiger partial charge in [-0.2, -0.15) is 0 Å². The van der Waals surface area contributed by atoms with Gasteiger partial charge in [0.25, 0.3) is 0 Å². The summed E-state index contributed by atoms with van der Waals surface area (Å²) >= 11 is 15.5. The molecule has 8 heteroatoms. The van der Waals surface area contributed by atoms with Crippen LogP contribution in [-0.2, 0) is 0 Å². The van der Waals surface area contributed by atoms with Crippen molar-refractivity contribution in [2.45, 2.75) is 13.0 Å². The Bertz CT molecular complexity index is 639. The van der Waals surface area contributed by atoms with Gasteiger partial charge in [-0.1, -0.05) is 27.5 Å². The van der Waals surface area contributed by atoms with Crippen molar-refractivity contribution < 1.29 is 20.1 Å². The molecule has 0 radical (unpaired) electrons. The minimum absolute atomic E-state index is 0.0815. The second-order valence-corrected chi connectivity index (χ2v) is 7.67. The zero-order valence-corrected chi connectivity index (χ0v) is 18.2. The summed E-state index contributed by atoms with van der Waals surface area (Å²) in [5.41, 5.74) is 0.991. The van der Waals surface area contributed by atoms with E-state index in [2.05, 4.69) is 47.8 Å². The van der Waals surface area contributed by atoms with Crippen molar-refractivity contribution in [2.75, 3.05) is 13.2 Å². The minimum Gasteiger partial charge on any atom is -0.506 e. The average molecular weight is 547 g/mol. The standard InChI is InChI=1S/C9H11ClO3.C7H5Br3O/c10-7-1-3-9(4-2-7)13-6-8(12)5-11;1-3-4(8)2-5(9)7(11)6(3)10/h1-4,8,11-12H,5-6H2;2,11H,1H3. The van der Waals surface area contributed by atoms with Gasteiger partial charge in [0, 0.05) is 9.50 Å². The fourth-order valence-corrected chi connectivity index (χ4v) is 3.70. The largest absolute Gasteiger partial charge is 0.506 e. The number of aliphatic hydroxyl groups is 2. The molecule has 0 heterocycles. The molecule has 0 aliphatic rings. The number of aliphatic hydroxyl groups excluding tert-OH is 2. The van der Waals surface area contributed by atoms with E-state index in [1.54, 1.807) is 24.3 Å².